The molecule has 4 rings (SSSR count). The second-order valence-electron chi connectivity index (χ2n) is 6.78. The number of aromatic nitrogens is 1. The Hall–Kier alpha value is -1.41. The van der Waals surface area contributed by atoms with Gasteiger partial charge in [-0.25, -0.2) is 0 Å². The molecule has 1 aromatic carbocycles. The van der Waals surface area contributed by atoms with Gasteiger partial charge in [-0.1, -0.05) is 12.1 Å². The van der Waals surface area contributed by atoms with E-state index in [0.29, 0.717) is 0 Å². The van der Waals surface area contributed by atoms with Gasteiger partial charge in [-0.2, -0.15) is 0 Å². The SMILES string of the molecule is Cc1ccc2c(CNC3CC3)c3c(nc2c1C)CCCC3. The Balaban J connectivity index is 1.90. The Morgan fingerprint density at radius 3 is 2.76 bits per heavy atom. The molecule has 0 radical (unpaired) electrons. The molecule has 1 heterocycles. The number of pyridine rings is 1. The molecule has 2 heteroatoms. The molecule has 0 spiro atoms. The van der Waals surface area contributed by atoms with Crippen LogP contribution in [0.5, 0.6) is 0 Å². The minimum Gasteiger partial charge on any atom is -0.310 e. The number of fused-ring (bicyclic) bond motifs is 2. The first-order valence-electron chi connectivity index (χ1n) is 8.38. The van der Waals surface area contributed by atoms with Crippen molar-refractivity contribution in [2.75, 3.05) is 0 Å². The monoisotopic (exact) mass is 280 g/mol. The van der Waals surface area contributed by atoms with Crippen LogP contribution in [0, 0.1) is 13.8 Å². The van der Waals surface area contributed by atoms with Crippen molar-refractivity contribution >= 4 is 10.9 Å². The number of hydrogen-bond donors (Lipinski definition) is 1. The van der Waals surface area contributed by atoms with Gasteiger partial charge in [0.2, 0.25) is 0 Å². The van der Waals surface area contributed by atoms with E-state index in [1.165, 1.54) is 65.4 Å². The zero-order valence-corrected chi connectivity index (χ0v) is 13.1. The first kappa shape index (κ1) is 13.3. The highest BCUT2D eigenvalue weighted by atomic mass is 14.9. The summed E-state index contributed by atoms with van der Waals surface area (Å²) in [6, 6.07) is 5.32. The van der Waals surface area contributed by atoms with Gasteiger partial charge in [0.25, 0.3) is 0 Å². The third kappa shape index (κ3) is 2.36. The van der Waals surface area contributed by atoms with Gasteiger partial charge in [0, 0.05) is 23.7 Å². The molecule has 21 heavy (non-hydrogen) atoms. The van der Waals surface area contributed by atoms with Crippen molar-refractivity contribution < 1.29 is 0 Å². The Kier molecular flexibility index (Phi) is 3.22. The first-order chi connectivity index (χ1) is 10.2. The van der Waals surface area contributed by atoms with Crippen LogP contribution in [0.1, 0.15) is 53.6 Å². The Morgan fingerprint density at radius 2 is 1.95 bits per heavy atom. The molecule has 1 N–H and O–H groups in total. The summed E-state index contributed by atoms with van der Waals surface area (Å²) in [5.74, 6) is 0. The molecule has 2 aliphatic rings. The van der Waals surface area contributed by atoms with Crippen LogP contribution in [0.3, 0.4) is 0 Å². The molecule has 0 saturated heterocycles. The van der Waals surface area contributed by atoms with Gasteiger partial charge in [0.05, 0.1) is 5.52 Å². The van der Waals surface area contributed by atoms with Crippen LogP contribution < -0.4 is 5.32 Å². The van der Waals surface area contributed by atoms with E-state index in [4.69, 9.17) is 4.98 Å². The molecule has 0 bridgehead atoms. The van der Waals surface area contributed by atoms with E-state index < -0.39 is 0 Å². The molecule has 2 aliphatic carbocycles. The minimum atomic E-state index is 0.763. The van der Waals surface area contributed by atoms with Crippen LogP contribution in [0.2, 0.25) is 0 Å². The van der Waals surface area contributed by atoms with E-state index in [2.05, 4.69) is 31.3 Å². The minimum absolute atomic E-state index is 0.763. The predicted octanol–water partition coefficient (Wildman–Crippen LogP) is 3.98. The maximum Gasteiger partial charge on any atom is 0.0740 e. The van der Waals surface area contributed by atoms with Crippen LogP contribution in [0.15, 0.2) is 12.1 Å². The third-order valence-corrected chi connectivity index (χ3v) is 5.22. The molecule has 1 fully saturated rings. The Bertz CT molecular complexity index is 699. The smallest absolute Gasteiger partial charge is 0.0740 e. The lowest BCUT2D eigenvalue weighted by molar-refractivity contribution is 0.642. The molecular weight excluding hydrogens is 256 g/mol. The number of benzene rings is 1. The van der Waals surface area contributed by atoms with Gasteiger partial charge in [-0.15, -0.1) is 0 Å². The summed E-state index contributed by atoms with van der Waals surface area (Å²) in [7, 11) is 0. The fourth-order valence-electron chi connectivity index (χ4n) is 3.56. The van der Waals surface area contributed by atoms with Crippen molar-refractivity contribution in [1.82, 2.24) is 10.3 Å². The van der Waals surface area contributed by atoms with Gasteiger partial charge >= 0.3 is 0 Å². The maximum atomic E-state index is 5.05. The molecule has 0 atom stereocenters. The average Bonchev–Trinajstić information content (AvgIpc) is 3.32. The summed E-state index contributed by atoms with van der Waals surface area (Å²) in [5, 5.41) is 5.10. The van der Waals surface area contributed by atoms with Crippen molar-refractivity contribution in [3.63, 3.8) is 0 Å². The number of nitrogens with zero attached hydrogens (tertiary/aromatic N) is 1. The highest BCUT2D eigenvalue weighted by Crippen LogP contribution is 2.32. The van der Waals surface area contributed by atoms with E-state index in [1.807, 2.05) is 0 Å². The lowest BCUT2D eigenvalue weighted by Gasteiger charge is -2.22. The summed E-state index contributed by atoms with van der Waals surface area (Å²) in [6.45, 7) is 5.44. The second kappa shape index (κ2) is 5.10. The Morgan fingerprint density at radius 1 is 1.14 bits per heavy atom. The number of hydrogen-bond acceptors (Lipinski definition) is 2. The van der Waals surface area contributed by atoms with E-state index in [1.54, 1.807) is 5.56 Å². The number of rotatable bonds is 3. The second-order valence-corrected chi connectivity index (χ2v) is 6.78. The van der Waals surface area contributed by atoms with Gasteiger partial charge in [-0.05, 0) is 74.6 Å². The van der Waals surface area contributed by atoms with Crippen LogP contribution in [-0.4, -0.2) is 11.0 Å². The first-order valence-corrected chi connectivity index (χ1v) is 8.38. The molecule has 2 aromatic rings. The molecule has 110 valence electrons. The number of nitrogens with one attached hydrogen (secondary N) is 1. The zero-order valence-electron chi connectivity index (χ0n) is 13.1. The van der Waals surface area contributed by atoms with Gasteiger partial charge in [0.15, 0.2) is 0 Å². The molecular formula is C19H24N2. The summed E-state index contributed by atoms with van der Waals surface area (Å²) >= 11 is 0. The number of aryl methyl sites for hydroxylation is 3. The molecule has 0 amide bonds. The highest BCUT2D eigenvalue weighted by molar-refractivity contribution is 5.87. The van der Waals surface area contributed by atoms with Gasteiger partial charge < -0.3 is 5.32 Å². The summed E-state index contributed by atoms with van der Waals surface area (Å²) in [5.41, 5.74) is 8.40. The van der Waals surface area contributed by atoms with Crippen LogP contribution >= 0.6 is 0 Å². The molecule has 0 unspecified atom stereocenters. The lowest BCUT2D eigenvalue weighted by Crippen LogP contribution is -2.19. The van der Waals surface area contributed by atoms with Gasteiger partial charge in [0.1, 0.15) is 0 Å². The van der Waals surface area contributed by atoms with Crippen molar-refractivity contribution in [2.24, 2.45) is 0 Å². The molecule has 1 aromatic heterocycles. The van der Waals surface area contributed by atoms with E-state index in [0.717, 1.165) is 19.0 Å². The fourth-order valence-corrected chi connectivity index (χ4v) is 3.56. The van der Waals surface area contributed by atoms with E-state index >= 15 is 0 Å². The van der Waals surface area contributed by atoms with E-state index in [-0.39, 0.29) is 0 Å². The Labute approximate surface area is 127 Å². The normalized spacial score (nSPS) is 18.0. The van der Waals surface area contributed by atoms with Crippen molar-refractivity contribution in [1.29, 1.82) is 0 Å². The van der Waals surface area contributed by atoms with Crippen LogP contribution in [0.4, 0.5) is 0 Å². The third-order valence-electron chi connectivity index (χ3n) is 5.22. The molecule has 0 aliphatic heterocycles. The summed E-state index contributed by atoms with van der Waals surface area (Å²) in [4.78, 5) is 5.05. The van der Waals surface area contributed by atoms with Crippen molar-refractivity contribution in [3.05, 3.63) is 40.1 Å². The molecule has 1 saturated carbocycles. The van der Waals surface area contributed by atoms with Crippen LogP contribution in [0.25, 0.3) is 10.9 Å². The summed E-state index contributed by atoms with van der Waals surface area (Å²) < 4.78 is 0. The predicted molar refractivity (Wildman–Crippen MR) is 87.7 cm³/mol. The highest BCUT2D eigenvalue weighted by Gasteiger charge is 2.23. The van der Waals surface area contributed by atoms with E-state index in [9.17, 15) is 0 Å². The lowest BCUT2D eigenvalue weighted by atomic mass is 9.88. The summed E-state index contributed by atoms with van der Waals surface area (Å²) in [6.07, 6.45) is 7.70. The molecule has 2 nitrogen and oxygen atoms in total. The fraction of sp³-hybridized carbons (Fsp3) is 0.526. The van der Waals surface area contributed by atoms with Crippen molar-refractivity contribution in [2.45, 2.75) is 65.0 Å². The van der Waals surface area contributed by atoms with Gasteiger partial charge in [-0.3, -0.25) is 4.98 Å². The quantitative estimate of drug-likeness (QED) is 0.919. The zero-order chi connectivity index (χ0) is 14.4. The largest absolute Gasteiger partial charge is 0.310 e. The standard InChI is InChI=1S/C19H24N2/c1-12-7-10-16-17(11-20-14-8-9-14)15-5-3-4-6-18(15)21-19(16)13(12)2/h7,10,14,20H,3-6,8-9,11H2,1-2H3. The average molecular weight is 280 g/mol. The van der Waals surface area contributed by atoms with Crippen molar-refractivity contribution in [3.8, 4) is 0 Å². The topological polar surface area (TPSA) is 24.9 Å². The maximum absolute atomic E-state index is 5.05. The van der Waals surface area contributed by atoms with Crippen LogP contribution in [-0.2, 0) is 19.4 Å².